The van der Waals surface area contributed by atoms with Crippen LogP contribution in [0.25, 0.3) is 0 Å². The van der Waals surface area contributed by atoms with Crippen molar-refractivity contribution in [1.82, 2.24) is 14.7 Å². The van der Waals surface area contributed by atoms with Crippen molar-refractivity contribution >= 4 is 65.8 Å². The molecule has 0 radical (unpaired) electrons. The third-order valence-electron chi connectivity index (χ3n) is 8.57. The first kappa shape index (κ1) is 32.2. The fraction of sp³-hybridized carbons (Fsp3) is 0.533. The van der Waals surface area contributed by atoms with Gasteiger partial charge in [0.1, 0.15) is 0 Å². The highest BCUT2D eigenvalue weighted by Gasteiger charge is 2.40. The van der Waals surface area contributed by atoms with Gasteiger partial charge >= 0.3 is 0 Å². The second kappa shape index (κ2) is 12.5. The number of anilines is 1. The number of rotatable bonds is 6. The van der Waals surface area contributed by atoms with Gasteiger partial charge in [-0.2, -0.15) is 13.5 Å². The molecule has 224 valence electrons. The van der Waals surface area contributed by atoms with Crippen LogP contribution >= 0.6 is 48.3 Å². The summed E-state index contributed by atoms with van der Waals surface area (Å²) in [6, 6.07) is 11.0. The minimum Gasteiger partial charge on any atom is -0.380 e. The third-order valence-corrected chi connectivity index (χ3v) is 9.40. The molecule has 2 aromatic carbocycles. The van der Waals surface area contributed by atoms with Gasteiger partial charge in [-0.05, 0) is 61.4 Å². The zero-order valence-corrected chi connectivity index (χ0v) is 27.0. The first-order valence-corrected chi connectivity index (χ1v) is 15.0. The van der Waals surface area contributed by atoms with E-state index in [1.807, 2.05) is 4.90 Å². The van der Waals surface area contributed by atoms with Crippen molar-refractivity contribution in [2.75, 3.05) is 44.6 Å². The SMILES string of the molecule is CC1(C)CCN(C(=O)c2c(Cl)cc(NC3CN(C4CCN(C(=O)[C@@](C)(O)c5cccc(Cl)c5)CC4)C3)cc2Cl)C1.S. The molecule has 41 heavy (non-hydrogen) atoms. The Balaban J connectivity index is 0.00000387. The minimum atomic E-state index is -1.61. The number of hydrogen-bond donors (Lipinski definition) is 2. The van der Waals surface area contributed by atoms with Crippen molar-refractivity contribution in [2.24, 2.45) is 5.41 Å². The zero-order chi connectivity index (χ0) is 28.8. The number of amides is 2. The average Bonchev–Trinajstić information content (AvgIpc) is 3.25. The van der Waals surface area contributed by atoms with E-state index in [4.69, 9.17) is 34.8 Å². The van der Waals surface area contributed by atoms with Gasteiger partial charge in [-0.25, -0.2) is 0 Å². The Labute approximate surface area is 264 Å². The molecular formula is C30H39Cl3N4O3S. The summed E-state index contributed by atoms with van der Waals surface area (Å²) in [7, 11) is 0. The van der Waals surface area contributed by atoms with Crippen LogP contribution in [0.2, 0.25) is 15.1 Å². The van der Waals surface area contributed by atoms with Crippen molar-refractivity contribution in [3.05, 3.63) is 62.6 Å². The Kier molecular flexibility index (Phi) is 9.84. The number of nitrogens with zero attached hydrogens (tertiary/aromatic N) is 3. The summed E-state index contributed by atoms with van der Waals surface area (Å²) >= 11 is 19.2. The minimum absolute atomic E-state index is 0. The Bertz CT molecular complexity index is 1270. The van der Waals surface area contributed by atoms with Gasteiger partial charge in [0.25, 0.3) is 11.8 Å². The van der Waals surface area contributed by atoms with Gasteiger partial charge in [-0.1, -0.05) is 60.8 Å². The van der Waals surface area contributed by atoms with Crippen LogP contribution < -0.4 is 5.32 Å². The molecule has 0 spiro atoms. The Morgan fingerprint density at radius 2 is 1.63 bits per heavy atom. The molecule has 3 aliphatic heterocycles. The summed E-state index contributed by atoms with van der Waals surface area (Å²) in [6.45, 7) is 10.2. The Morgan fingerprint density at radius 1 is 1.00 bits per heavy atom. The molecule has 0 saturated carbocycles. The summed E-state index contributed by atoms with van der Waals surface area (Å²) < 4.78 is 0. The number of piperidine rings is 1. The molecule has 3 saturated heterocycles. The number of carbonyl (C=O) groups excluding carboxylic acids is 2. The number of nitrogens with one attached hydrogen (secondary N) is 1. The fourth-order valence-electron chi connectivity index (χ4n) is 6.10. The van der Waals surface area contributed by atoms with Crippen LogP contribution in [0.3, 0.4) is 0 Å². The topological polar surface area (TPSA) is 76.1 Å². The van der Waals surface area contributed by atoms with Crippen LogP contribution in [0, 0.1) is 5.41 Å². The summed E-state index contributed by atoms with van der Waals surface area (Å²) in [4.78, 5) is 32.2. The molecule has 0 unspecified atom stereocenters. The van der Waals surface area contributed by atoms with Crippen LogP contribution in [-0.2, 0) is 10.4 Å². The highest BCUT2D eigenvalue weighted by atomic mass is 35.5. The predicted octanol–water partition coefficient (Wildman–Crippen LogP) is 5.63. The maximum absolute atomic E-state index is 13.1. The van der Waals surface area contributed by atoms with Gasteiger partial charge in [-0.3, -0.25) is 14.5 Å². The van der Waals surface area contributed by atoms with Gasteiger partial charge in [0.15, 0.2) is 5.60 Å². The van der Waals surface area contributed by atoms with E-state index in [1.54, 1.807) is 41.3 Å². The number of carbonyl (C=O) groups is 2. The molecule has 0 aromatic heterocycles. The van der Waals surface area contributed by atoms with Crippen LogP contribution in [0.4, 0.5) is 5.69 Å². The summed E-state index contributed by atoms with van der Waals surface area (Å²) in [6.07, 6.45) is 2.67. The standard InChI is InChI=1S/C30H37Cl3N4O3.H2S/c1-29(2)9-12-36(18-29)27(38)26-24(32)14-21(15-25(26)33)34-22-16-37(17-22)23-7-10-35(11-8-23)28(39)30(3,40)19-5-4-6-20(31)13-19;/h4-6,13-15,22-23,34,40H,7-12,16-18H2,1-3H3;1H2/t30-;/m0./s1. The number of benzene rings is 2. The van der Waals surface area contributed by atoms with Gasteiger partial charge in [-0.15, -0.1) is 0 Å². The van der Waals surface area contributed by atoms with E-state index in [0.29, 0.717) is 58.4 Å². The van der Waals surface area contributed by atoms with Crippen molar-refractivity contribution in [1.29, 1.82) is 0 Å². The lowest BCUT2D eigenvalue weighted by Gasteiger charge is -2.48. The van der Waals surface area contributed by atoms with Crippen molar-refractivity contribution in [3.63, 3.8) is 0 Å². The molecule has 7 nitrogen and oxygen atoms in total. The van der Waals surface area contributed by atoms with Crippen LogP contribution in [0.15, 0.2) is 36.4 Å². The van der Waals surface area contributed by atoms with E-state index in [2.05, 4.69) is 24.1 Å². The third kappa shape index (κ3) is 6.94. The van der Waals surface area contributed by atoms with E-state index in [-0.39, 0.29) is 36.8 Å². The average molecular weight is 642 g/mol. The maximum Gasteiger partial charge on any atom is 0.258 e. The molecule has 2 aromatic rings. The molecule has 2 N–H and O–H groups in total. The smallest absolute Gasteiger partial charge is 0.258 e. The second-order valence-electron chi connectivity index (χ2n) is 12.4. The fourth-order valence-corrected chi connectivity index (χ4v) is 6.94. The maximum atomic E-state index is 13.1. The Hall–Kier alpha value is -1.68. The lowest BCUT2D eigenvalue weighted by molar-refractivity contribution is -0.152. The number of hydrogen-bond acceptors (Lipinski definition) is 5. The largest absolute Gasteiger partial charge is 0.380 e. The van der Waals surface area contributed by atoms with E-state index >= 15 is 0 Å². The normalized spacial score (nSPS) is 21.1. The van der Waals surface area contributed by atoms with E-state index in [9.17, 15) is 14.7 Å². The molecule has 5 rings (SSSR count). The molecule has 1 atom stereocenters. The summed E-state index contributed by atoms with van der Waals surface area (Å²) in [5.74, 6) is -0.402. The van der Waals surface area contributed by atoms with Crippen molar-refractivity contribution in [3.8, 4) is 0 Å². The second-order valence-corrected chi connectivity index (χ2v) is 13.6. The monoisotopic (exact) mass is 640 g/mol. The molecule has 3 fully saturated rings. The summed E-state index contributed by atoms with van der Waals surface area (Å²) in [5, 5.41) is 15.7. The highest BCUT2D eigenvalue weighted by Crippen LogP contribution is 2.35. The molecule has 3 aliphatic rings. The number of halogens is 3. The molecular weight excluding hydrogens is 603 g/mol. The first-order valence-electron chi connectivity index (χ1n) is 13.9. The van der Waals surface area contributed by atoms with Crippen LogP contribution in [0.1, 0.15) is 56.0 Å². The van der Waals surface area contributed by atoms with E-state index < -0.39 is 5.60 Å². The highest BCUT2D eigenvalue weighted by molar-refractivity contribution is 7.59. The van der Waals surface area contributed by atoms with Gasteiger partial charge in [0.05, 0.1) is 21.7 Å². The lowest BCUT2D eigenvalue weighted by atomic mass is 9.92. The van der Waals surface area contributed by atoms with E-state index in [0.717, 1.165) is 38.0 Å². The predicted molar refractivity (Wildman–Crippen MR) is 171 cm³/mol. The van der Waals surface area contributed by atoms with Crippen molar-refractivity contribution < 1.29 is 14.7 Å². The molecule has 2 amide bonds. The van der Waals surface area contributed by atoms with Gasteiger partial charge in [0, 0.05) is 56.0 Å². The Morgan fingerprint density at radius 3 is 2.20 bits per heavy atom. The van der Waals surface area contributed by atoms with Gasteiger partial charge in [0.2, 0.25) is 0 Å². The van der Waals surface area contributed by atoms with Crippen molar-refractivity contribution in [2.45, 2.75) is 57.7 Å². The van der Waals surface area contributed by atoms with Crippen LogP contribution in [-0.4, -0.2) is 83.0 Å². The molecule has 3 heterocycles. The van der Waals surface area contributed by atoms with Crippen LogP contribution in [0.5, 0.6) is 0 Å². The number of likely N-dealkylation sites (tertiary alicyclic amines) is 3. The van der Waals surface area contributed by atoms with E-state index in [1.165, 1.54) is 6.92 Å². The van der Waals surface area contributed by atoms with Gasteiger partial charge < -0.3 is 20.2 Å². The number of aliphatic hydroxyl groups is 1. The zero-order valence-electron chi connectivity index (χ0n) is 23.7. The lowest BCUT2D eigenvalue weighted by Crippen LogP contribution is -2.61. The first-order chi connectivity index (χ1) is 18.8. The molecule has 0 bridgehead atoms. The quantitative estimate of drug-likeness (QED) is 0.428. The molecule has 0 aliphatic carbocycles. The summed E-state index contributed by atoms with van der Waals surface area (Å²) in [5.41, 5.74) is 0.173. The molecule has 11 heteroatoms.